The number of aromatic hydroxyl groups is 1. The minimum absolute atomic E-state index is 0.0160. The normalized spacial score (nSPS) is 21.8. The van der Waals surface area contributed by atoms with Gasteiger partial charge < -0.3 is 39.1 Å². The zero-order valence-corrected chi connectivity index (χ0v) is 55.6. The molecule has 2 aromatic heterocycles. The molecular weight excluding hydrogens is 1170 g/mol. The first-order valence-corrected chi connectivity index (χ1v) is 35.7. The Morgan fingerprint density at radius 2 is 1.42 bits per heavy atom. The Hall–Kier alpha value is -6.99. The van der Waals surface area contributed by atoms with E-state index < -0.39 is 31.4 Å². The van der Waals surface area contributed by atoms with Crippen LogP contribution < -0.4 is 19.9 Å². The zero-order valence-electron chi connectivity index (χ0n) is 54.6. The number of pyridine rings is 1. The molecule has 5 aromatic rings. The van der Waals surface area contributed by atoms with Crippen LogP contribution in [0.3, 0.4) is 0 Å². The van der Waals surface area contributed by atoms with Gasteiger partial charge in [-0.15, -0.1) is 5.54 Å². The molecule has 0 radical (unpaired) electrons. The van der Waals surface area contributed by atoms with Crippen LogP contribution in [0, 0.1) is 34.9 Å². The molecule has 7 aliphatic heterocycles. The molecule has 486 valence electrons. The molecule has 91 heavy (non-hydrogen) atoms. The first kappa shape index (κ1) is 64.1. The fourth-order valence-corrected chi connectivity index (χ4v) is 21.4. The number of halogens is 2. The third kappa shape index (κ3) is 13.2. The topological polar surface area (TPSA) is 180 Å². The van der Waals surface area contributed by atoms with E-state index in [1.165, 1.54) is 12.1 Å². The molecule has 2 N–H and O–H groups in total. The van der Waals surface area contributed by atoms with Crippen LogP contribution in [0.25, 0.3) is 32.9 Å². The maximum Gasteiger partial charge on any atom is 0.410 e. The lowest BCUT2D eigenvalue weighted by atomic mass is 9.94. The summed E-state index contributed by atoms with van der Waals surface area (Å²) in [5, 5.41) is 14.8. The lowest BCUT2D eigenvalue weighted by molar-refractivity contribution is -0.136. The average Bonchev–Trinajstić information content (AvgIpc) is 1.62. The highest BCUT2D eigenvalue weighted by Gasteiger charge is 2.46. The summed E-state index contributed by atoms with van der Waals surface area (Å²) in [6.45, 7) is 31.3. The van der Waals surface area contributed by atoms with Crippen molar-refractivity contribution < 1.29 is 42.5 Å². The van der Waals surface area contributed by atoms with Crippen LogP contribution >= 0.6 is 0 Å². The predicted molar refractivity (Wildman–Crippen MR) is 352 cm³/mol. The highest BCUT2D eigenvalue weighted by atomic mass is 28.3. The number of anilines is 2. The number of nitrogens with one attached hydrogen (secondary N) is 1. The van der Waals surface area contributed by atoms with E-state index in [0.29, 0.717) is 88.6 Å². The first-order chi connectivity index (χ1) is 43.5. The molecule has 6 fully saturated rings. The van der Waals surface area contributed by atoms with Gasteiger partial charge in [0.1, 0.15) is 54.9 Å². The van der Waals surface area contributed by atoms with Gasteiger partial charge >= 0.3 is 12.1 Å². The second kappa shape index (κ2) is 26.2. The highest BCUT2D eigenvalue weighted by molar-refractivity contribution is 6.90. The Balaban J connectivity index is 0.681. The summed E-state index contributed by atoms with van der Waals surface area (Å²) in [7, 11) is -2.34. The van der Waals surface area contributed by atoms with Crippen molar-refractivity contribution in [3.63, 3.8) is 0 Å². The molecule has 6 saturated heterocycles. The van der Waals surface area contributed by atoms with Gasteiger partial charge in [-0.25, -0.2) is 13.6 Å². The second-order valence-corrected chi connectivity index (χ2v) is 34.3. The zero-order chi connectivity index (χ0) is 64.2. The molecular formula is C70H91F2N11O7Si. The lowest BCUT2D eigenvalue weighted by Crippen LogP contribution is -2.57. The van der Waals surface area contributed by atoms with Crippen molar-refractivity contribution in [3.8, 4) is 34.5 Å². The van der Waals surface area contributed by atoms with E-state index in [-0.39, 0.29) is 83.0 Å². The third-order valence-electron chi connectivity index (χ3n) is 20.9. The fourth-order valence-electron chi connectivity index (χ4n) is 16.2. The molecule has 3 aromatic carbocycles. The largest absolute Gasteiger partial charge is 0.508 e. The van der Waals surface area contributed by atoms with Crippen molar-refractivity contribution in [3.05, 3.63) is 77.0 Å². The number of imide groups is 1. The Kier molecular flexibility index (Phi) is 18.5. The van der Waals surface area contributed by atoms with Crippen molar-refractivity contribution in [1.29, 1.82) is 0 Å². The molecule has 9 heterocycles. The van der Waals surface area contributed by atoms with E-state index in [1.807, 2.05) is 37.8 Å². The van der Waals surface area contributed by atoms with Crippen molar-refractivity contribution >= 4 is 65.1 Å². The standard InChI is InChI=1S/C70H91F2N11O7Si/c1-43(2)91(44(3)4,45(5)6)33-22-55-58(71)15-10-48-35-53(84)36-56(61(48)55)63-62(72)64-57(37-73-63)65(81-41-51-11-12-52(42-81)83(51)69(88)90-70(7,8)9)76-68(75-64)89-32-31-77-23-18-46(19-24-77)38-78-27-29-79(30-28-78)39-47-20-25-80(26-21-47)50-13-14-54-49(34-50)40-82(67(54)87)59-16-17-60(85)74-66(59)86/h10,13-15,34-37,43-47,51-52,59,84H,11-12,16-21,23-32,38-42H2,1-9H3,(H,74,85,86). The number of aromatic nitrogens is 3. The number of carbonyl (C=O) groups is 4. The number of phenols is 1. The molecule has 0 aliphatic carbocycles. The molecule has 2 bridgehead atoms. The van der Waals surface area contributed by atoms with Crippen molar-refractivity contribution in [2.75, 3.05) is 101 Å². The Bertz CT molecular complexity index is 3620. The number of carbonyl (C=O) groups excluding carboxylic acids is 4. The molecule has 18 nitrogen and oxygen atoms in total. The number of piperidine rings is 3. The average molecular weight is 1260 g/mol. The Morgan fingerprint density at radius 3 is 2.04 bits per heavy atom. The molecule has 4 amide bonds. The van der Waals surface area contributed by atoms with Gasteiger partial charge in [0, 0.05) is 113 Å². The van der Waals surface area contributed by atoms with Crippen LogP contribution in [-0.4, -0.2) is 192 Å². The van der Waals surface area contributed by atoms with E-state index in [2.05, 4.69) is 88.9 Å². The van der Waals surface area contributed by atoms with Gasteiger partial charge in [-0.1, -0.05) is 53.5 Å². The smallest absolute Gasteiger partial charge is 0.410 e. The molecule has 7 aliphatic rings. The molecule has 0 saturated carbocycles. The highest BCUT2D eigenvalue weighted by Crippen LogP contribution is 2.44. The number of hydrogen-bond acceptors (Lipinski definition) is 15. The van der Waals surface area contributed by atoms with E-state index >= 15 is 8.78 Å². The minimum atomic E-state index is -2.34. The number of nitrogens with zero attached hydrogens (tertiary/aromatic N) is 10. The lowest BCUT2D eigenvalue weighted by Gasteiger charge is -2.42. The number of ether oxygens (including phenoxy) is 2. The van der Waals surface area contributed by atoms with Gasteiger partial charge in [0.15, 0.2) is 5.82 Å². The Labute approximate surface area is 535 Å². The van der Waals surface area contributed by atoms with E-state index in [4.69, 9.17) is 24.4 Å². The quantitative estimate of drug-likeness (QED) is 0.0574. The van der Waals surface area contributed by atoms with Crippen molar-refractivity contribution in [1.82, 2.24) is 44.8 Å². The summed E-state index contributed by atoms with van der Waals surface area (Å²) in [5.74, 6) is 2.78. The van der Waals surface area contributed by atoms with Crippen LogP contribution in [0.2, 0.25) is 16.6 Å². The number of likely N-dealkylation sites (tertiary alicyclic amines) is 1. The van der Waals surface area contributed by atoms with E-state index in [0.717, 1.165) is 115 Å². The van der Waals surface area contributed by atoms with Gasteiger partial charge in [-0.05, 0) is 155 Å². The van der Waals surface area contributed by atoms with Gasteiger partial charge in [0.05, 0.1) is 23.0 Å². The minimum Gasteiger partial charge on any atom is -0.508 e. The van der Waals surface area contributed by atoms with Crippen LogP contribution in [0.5, 0.6) is 11.8 Å². The molecule has 3 atom stereocenters. The number of piperazine rings is 2. The van der Waals surface area contributed by atoms with Crippen molar-refractivity contribution in [2.45, 2.75) is 161 Å². The van der Waals surface area contributed by atoms with Crippen LogP contribution in [0.1, 0.15) is 135 Å². The van der Waals surface area contributed by atoms with Crippen LogP contribution in [-0.2, 0) is 20.9 Å². The molecule has 3 unspecified atom stereocenters. The number of rotatable bonds is 15. The number of hydrogen-bond donors (Lipinski definition) is 2. The Morgan fingerprint density at radius 1 is 0.769 bits per heavy atom. The maximum atomic E-state index is 17.9. The first-order valence-electron chi connectivity index (χ1n) is 33.5. The number of amides is 4. The third-order valence-corrected chi connectivity index (χ3v) is 27.2. The fraction of sp³-hybridized carbons (Fsp3) is 0.586. The summed E-state index contributed by atoms with van der Waals surface area (Å²) < 4.78 is 46.6. The molecule has 12 rings (SSSR count). The number of benzene rings is 3. The number of fused-ring (bicyclic) bond motifs is 5. The predicted octanol–water partition coefficient (Wildman–Crippen LogP) is 10.4. The SMILES string of the molecule is CC(C)[Si](C#Cc1c(F)ccc2cc(O)cc(-c3ncc4c(N5CC6CCC(C5)N6C(=O)OC(C)(C)C)nc(OCCN5CCC(CN6CCN(CC7CCN(c8ccc9c(c8)CN(C8CCC(=O)NC8=O)C9=O)CC7)CC6)CC5)nc4c3F)c12)(C(C)C)C(C)C. The summed E-state index contributed by atoms with van der Waals surface area (Å²) in [4.78, 5) is 81.4. The van der Waals surface area contributed by atoms with Gasteiger partial charge in [-0.3, -0.25) is 34.5 Å². The summed E-state index contributed by atoms with van der Waals surface area (Å²) in [6, 6.07) is 11.1. The molecule has 21 heteroatoms. The number of phenolic OH excluding ortho intramolecular Hbond substituents is 1. The van der Waals surface area contributed by atoms with Gasteiger partial charge in [0.2, 0.25) is 11.8 Å². The van der Waals surface area contributed by atoms with Crippen LogP contribution in [0.4, 0.5) is 25.1 Å². The van der Waals surface area contributed by atoms with Gasteiger partial charge in [-0.2, -0.15) is 9.97 Å². The van der Waals surface area contributed by atoms with Gasteiger partial charge in [0.25, 0.3) is 5.91 Å². The summed E-state index contributed by atoms with van der Waals surface area (Å²) >= 11 is 0. The summed E-state index contributed by atoms with van der Waals surface area (Å²) in [5.41, 5.74) is 6.82. The van der Waals surface area contributed by atoms with Crippen LogP contribution in [0.15, 0.2) is 48.7 Å². The van der Waals surface area contributed by atoms with Crippen molar-refractivity contribution in [2.24, 2.45) is 11.8 Å². The summed E-state index contributed by atoms with van der Waals surface area (Å²) in [6.07, 6.45) is 7.79. The molecule has 0 spiro atoms. The van der Waals surface area contributed by atoms with E-state index in [1.54, 1.807) is 23.2 Å². The monoisotopic (exact) mass is 1260 g/mol. The maximum absolute atomic E-state index is 17.9. The van der Waals surface area contributed by atoms with E-state index in [9.17, 15) is 24.3 Å². The second-order valence-electron chi connectivity index (χ2n) is 28.8.